The Balaban J connectivity index is 1.28. The molecule has 4 aromatic heterocycles. The van der Waals surface area contributed by atoms with E-state index in [2.05, 4.69) is 27.7 Å². The number of fused-ring (bicyclic) bond motifs is 4. The summed E-state index contributed by atoms with van der Waals surface area (Å²) in [6, 6.07) is 6.10. The molecule has 0 saturated carbocycles. The van der Waals surface area contributed by atoms with Crippen molar-refractivity contribution in [3.05, 3.63) is 52.6 Å². The molecular weight excluding hydrogens is 432 g/mol. The molecule has 172 valence electrons. The molecule has 6 rings (SSSR count). The summed E-state index contributed by atoms with van der Waals surface area (Å²) in [4.78, 5) is 19.8. The van der Waals surface area contributed by atoms with Gasteiger partial charge in [-0.25, -0.2) is 15.0 Å². The van der Waals surface area contributed by atoms with Crippen LogP contribution in [0.1, 0.15) is 35.3 Å². The van der Waals surface area contributed by atoms with Crippen LogP contribution < -0.4 is 5.32 Å². The Labute approximate surface area is 197 Å². The van der Waals surface area contributed by atoms with Crippen LogP contribution in [0, 0.1) is 5.92 Å². The SMILES string of the molecule is CC1CCc2c(sc3nc(CN4CCOCC4)nc(NCCc4cn5ccccc5n4)c23)C1. The number of hydrogen-bond donors (Lipinski definition) is 1. The summed E-state index contributed by atoms with van der Waals surface area (Å²) in [5, 5.41) is 4.92. The molecule has 0 radical (unpaired) electrons. The van der Waals surface area contributed by atoms with Crippen molar-refractivity contribution in [3.8, 4) is 0 Å². The van der Waals surface area contributed by atoms with E-state index in [-0.39, 0.29) is 0 Å². The fraction of sp³-hybridized carbons (Fsp3) is 0.480. The number of pyridine rings is 1. The number of aryl methyl sites for hydroxylation is 1. The van der Waals surface area contributed by atoms with Gasteiger partial charge in [-0.3, -0.25) is 4.90 Å². The summed E-state index contributed by atoms with van der Waals surface area (Å²) in [6.45, 7) is 7.40. The molecule has 1 aliphatic carbocycles. The van der Waals surface area contributed by atoms with E-state index in [0.29, 0.717) is 0 Å². The summed E-state index contributed by atoms with van der Waals surface area (Å²) in [5.74, 6) is 2.66. The number of hydrogen-bond acceptors (Lipinski definition) is 7. The zero-order chi connectivity index (χ0) is 22.2. The van der Waals surface area contributed by atoms with Crippen molar-refractivity contribution in [1.29, 1.82) is 0 Å². The van der Waals surface area contributed by atoms with Crippen molar-refractivity contribution in [1.82, 2.24) is 24.3 Å². The van der Waals surface area contributed by atoms with Crippen LogP contribution in [0.15, 0.2) is 30.6 Å². The number of nitrogens with one attached hydrogen (secondary N) is 1. The first kappa shape index (κ1) is 21.0. The van der Waals surface area contributed by atoms with Gasteiger partial charge < -0.3 is 14.5 Å². The molecule has 1 saturated heterocycles. The minimum Gasteiger partial charge on any atom is -0.379 e. The smallest absolute Gasteiger partial charge is 0.146 e. The van der Waals surface area contributed by atoms with E-state index in [1.807, 2.05) is 35.7 Å². The molecule has 0 spiro atoms. The van der Waals surface area contributed by atoms with Gasteiger partial charge in [-0.15, -0.1) is 11.3 Å². The molecule has 0 amide bonds. The van der Waals surface area contributed by atoms with Gasteiger partial charge in [0.05, 0.1) is 30.8 Å². The maximum absolute atomic E-state index is 5.51. The zero-order valence-electron chi connectivity index (χ0n) is 19.1. The van der Waals surface area contributed by atoms with E-state index in [4.69, 9.17) is 19.7 Å². The molecule has 7 nitrogen and oxygen atoms in total. The van der Waals surface area contributed by atoms with E-state index in [0.717, 1.165) is 92.4 Å². The Bertz CT molecular complexity index is 1240. The van der Waals surface area contributed by atoms with E-state index < -0.39 is 0 Å². The predicted octanol–water partition coefficient (Wildman–Crippen LogP) is 3.95. The number of thiophene rings is 1. The molecule has 1 aliphatic heterocycles. The fourth-order valence-corrected chi connectivity index (χ4v) is 6.36. The summed E-state index contributed by atoms with van der Waals surface area (Å²) in [5.41, 5.74) is 3.56. The first-order chi connectivity index (χ1) is 16.2. The van der Waals surface area contributed by atoms with Crippen LogP contribution >= 0.6 is 11.3 Å². The lowest BCUT2D eigenvalue weighted by Gasteiger charge is -2.26. The third-order valence-electron chi connectivity index (χ3n) is 6.76. The van der Waals surface area contributed by atoms with Crippen LogP contribution in [0.4, 0.5) is 5.82 Å². The number of morpholine rings is 1. The van der Waals surface area contributed by atoms with E-state index in [1.54, 1.807) is 0 Å². The van der Waals surface area contributed by atoms with Crippen molar-refractivity contribution in [2.75, 3.05) is 38.2 Å². The molecule has 0 bridgehead atoms. The highest BCUT2D eigenvalue weighted by atomic mass is 32.1. The van der Waals surface area contributed by atoms with Gasteiger partial charge in [0.1, 0.15) is 22.1 Å². The number of nitrogens with zero attached hydrogens (tertiary/aromatic N) is 5. The molecule has 4 aromatic rings. The van der Waals surface area contributed by atoms with Gasteiger partial charge >= 0.3 is 0 Å². The first-order valence-corrected chi connectivity index (χ1v) is 12.8. The van der Waals surface area contributed by atoms with Crippen LogP contribution in [-0.4, -0.2) is 57.1 Å². The van der Waals surface area contributed by atoms with Gasteiger partial charge in [0.2, 0.25) is 0 Å². The van der Waals surface area contributed by atoms with Crippen LogP contribution in [0.3, 0.4) is 0 Å². The lowest BCUT2D eigenvalue weighted by molar-refractivity contribution is 0.0331. The highest BCUT2D eigenvalue weighted by Crippen LogP contribution is 2.40. The monoisotopic (exact) mass is 462 g/mol. The largest absolute Gasteiger partial charge is 0.379 e. The normalized spacial score (nSPS) is 19.2. The Kier molecular flexibility index (Phi) is 5.73. The van der Waals surface area contributed by atoms with E-state index >= 15 is 0 Å². The molecule has 0 aromatic carbocycles. The van der Waals surface area contributed by atoms with Gasteiger partial charge in [-0.05, 0) is 42.9 Å². The molecule has 1 atom stereocenters. The van der Waals surface area contributed by atoms with Gasteiger partial charge in [0.15, 0.2) is 0 Å². The standard InChI is InChI=1S/C25H30N6OS/c1-17-5-6-19-20(14-17)33-25-23(19)24(28-21(29-25)16-30-10-12-32-13-11-30)26-8-7-18-15-31-9-3-2-4-22(31)27-18/h2-4,9,15,17H,5-8,10-14,16H2,1H3,(H,26,28,29). The van der Waals surface area contributed by atoms with Gasteiger partial charge in [0, 0.05) is 43.3 Å². The number of ether oxygens (including phenoxy) is 1. The van der Waals surface area contributed by atoms with Crippen molar-refractivity contribution < 1.29 is 4.74 Å². The summed E-state index contributed by atoms with van der Waals surface area (Å²) in [6.07, 6.45) is 8.55. The Hall–Kier alpha value is -2.55. The molecule has 8 heteroatoms. The van der Waals surface area contributed by atoms with Crippen molar-refractivity contribution in [2.45, 2.75) is 39.2 Å². The van der Waals surface area contributed by atoms with Gasteiger partial charge in [-0.2, -0.15) is 0 Å². The minimum atomic E-state index is 0.748. The van der Waals surface area contributed by atoms with Crippen LogP contribution in [0.2, 0.25) is 0 Å². The fourth-order valence-electron chi connectivity index (χ4n) is 4.96. The van der Waals surface area contributed by atoms with Crippen LogP contribution in [0.25, 0.3) is 15.9 Å². The average molecular weight is 463 g/mol. The van der Waals surface area contributed by atoms with Crippen molar-refractivity contribution >= 4 is 33.0 Å². The summed E-state index contributed by atoms with van der Waals surface area (Å²) in [7, 11) is 0. The van der Waals surface area contributed by atoms with Crippen LogP contribution in [-0.2, 0) is 30.5 Å². The highest BCUT2D eigenvalue weighted by molar-refractivity contribution is 7.19. The molecule has 1 unspecified atom stereocenters. The van der Waals surface area contributed by atoms with Crippen molar-refractivity contribution in [3.63, 3.8) is 0 Å². The molecule has 5 heterocycles. The molecule has 1 fully saturated rings. The third kappa shape index (κ3) is 4.35. The Morgan fingerprint density at radius 1 is 1.18 bits per heavy atom. The number of imidazole rings is 1. The second-order valence-electron chi connectivity index (χ2n) is 9.28. The highest BCUT2D eigenvalue weighted by Gasteiger charge is 2.24. The number of anilines is 1. The molecule has 1 N–H and O–H groups in total. The Morgan fingerprint density at radius 3 is 2.97 bits per heavy atom. The van der Waals surface area contributed by atoms with E-state index in [1.165, 1.54) is 22.2 Å². The molecule has 2 aliphatic rings. The topological polar surface area (TPSA) is 67.6 Å². The third-order valence-corrected chi connectivity index (χ3v) is 7.91. The summed E-state index contributed by atoms with van der Waals surface area (Å²) >= 11 is 1.88. The minimum absolute atomic E-state index is 0.748. The van der Waals surface area contributed by atoms with Gasteiger partial charge in [0.25, 0.3) is 0 Å². The number of rotatable bonds is 6. The molecule has 33 heavy (non-hydrogen) atoms. The number of aromatic nitrogens is 4. The first-order valence-electron chi connectivity index (χ1n) is 12.0. The second-order valence-corrected chi connectivity index (χ2v) is 10.4. The second kappa shape index (κ2) is 9.00. The Morgan fingerprint density at radius 2 is 2.09 bits per heavy atom. The summed E-state index contributed by atoms with van der Waals surface area (Å²) < 4.78 is 7.59. The molecular formula is C25H30N6OS. The van der Waals surface area contributed by atoms with Gasteiger partial charge in [-0.1, -0.05) is 13.0 Å². The maximum Gasteiger partial charge on any atom is 0.146 e. The van der Waals surface area contributed by atoms with Crippen LogP contribution in [0.5, 0.6) is 0 Å². The lowest BCUT2D eigenvalue weighted by atomic mass is 9.89. The maximum atomic E-state index is 5.51. The lowest BCUT2D eigenvalue weighted by Crippen LogP contribution is -2.36. The predicted molar refractivity (Wildman–Crippen MR) is 132 cm³/mol. The quantitative estimate of drug-likeness (QED) is 0.468. The van der Waals surface area contributed by atoms with E-state index in [9.17, 15) is 0 Å². The van der Waals surface area contributed by atoms with Crippen molar-refractivity contribution in [2.24, 2.45) is 5.92 Å². The average Bonchev–Trinajstić information content (AvgIpc) is 3.40. The zero-order valence-corrected chi connectivity index (χ0v) is 19.9.